The van der Waals surface area contributed by atoms with Gasteiger partial charge in [-0.25, -0.2) is 4.79 Å². The molecule has 0 aliphatic heterocycles. The summed E-state index contributed by atoms with van der Waals surface area (Å²) in [6.07, 6.45) is 50.6. The van der Waals surface area contributed by atoms with Crippen molar-refractivity contribution in [3.05, 3.63) is 85.1 Å². The van der Waals surface area contributed by atoms with Gasteiger partial charge in [0.25, 0.3) is 0 Å². The first-order valence-corrected chi connectivity index (χ1v) is 22.1. The number of hydrogen-bond donors (Lipinski definition) is 1. The van der Waals surface area contributed by atoms with E-state index in [1.807, 2.05) is 21.1 Å². The van der Waals surface area contributed by atoms with Crippen molar-refractivity contribution in [3.8, 4) is 0 Å². The smallest absolute Gasteiger partial charge is 0.362 e. The first kappa shape index (κ1) is 53.5. The van der Waals surface area contributed by atoms with E-state index in [1.165, 1.54) is 38.5 Å². The molecule has 0 aromatic carbocycles. The molecule has 2 unspecified atom stereocenters. The maximum atomic E-state index is 12.7. The van der Waals surface area contributed by atoms with E-state index < -0.39 is 18.1 Å². The molecule has 8 heteroatoms. The number of hydrogen-bond acceptors (Lipinski definition) is 6. The molecule has 0 amide bonds. The van der Waals surface area contributed by atoms with Crippen LogP contribution in [0.3, 0.4) is 0 Å². The Bertz CT molecular complexity index is 1200. The molecule has 57 heavy (non-hydrogen) atoms. The molecule has 0 spiro atoms. The number of rotatable bonds is 38. The number of nitrogens with zero attached hydrogens (tertiary/aromatic N) is 1. The molecule has 0 rings (SSSR count). The number of carbonyl (C=O) groups is 3. The van der Waals surface area contributed by atoms with Crippen LogP contribution in [0, 0.1) is 0 Å². The highest BCUT2D eigenvalue weighted by Crippen LogP contribution is 2.12. The number of quaternary nitrogens is 1. The van der Waals surface area contributed by atoms with E-state index in [0.717, 1.165) is 77.0 Å². The van der Waals surface area contributed by atoms with Crippen molar-refractivity contribution in [2.45, 2.75) is 167 Å². The molecule has 0 aliphatic carbocycles. The number of carboxylic acid groups (broad SMARTS) is 1. The van der Waals surface area contributed by atoms with E-state index in [9.17, 15) is 19.5 Å². The molecule has 324 valence electrons. The monoisotopic (exact) mass is 797 g/mol. The van der Waals surface area contributed by atoms with Crippen molar-refractivity contribution in [1.82, 2.24) is 0 Å². The van der Waals surface area contributed by atoms with Crippen LogP contribution >= 0.6 is 0 Å². The number of aliphatic carboxylic acids is 1. The highest BCUT2D eigenvalue weighted by molar-refractivity contribution is 5.72. The number of unbranched alkanes of at least 4 members (excludes halogenated alkanes) is 10. The molecular weight excluding hydrogens is 715 g/mol. The summed E-state index contributed by atoms with van der Waals surface area (Å²) in [5.74, 6) is -1.57. The maximum absolute atomic E-state index is 12.7. The zero-order valence-electron chi connectivity index (χ0n) is 36.8. The fourth-order valence-electron chi connectivity index (χ4n) is 5.86. The van der Waals surface area contributed by atoms with Crippen molar-refractivity contribution < 1.29 is 38.2 Å². The third kappa shape index (κ3) is 37.8. The van der Waals surface area contributed by atoms with Crippen LogP contribution in [0.1, 0.15) is 155 Å². The number of esters is 2. The summed E-state index contributed by atoms with van der Waals surface area (Å²) in [5, 5.41) is 9.62. The van der Waals surface area contributed by atoms with Crippen molar-refractivity contribution >= 4 is 17.9 Å². The molecule has 8 nitrogen and oxygen atoms in total. The van der Waals surface area contributed by atoms with Gasteiger partial charge in [0.05, 0.1) is 34.4 Å². The van der Waals surface area contributed by atoms with E-state index in [-0.39, 0.29) is 42.7 Å². The minimum absolute atomic E-state index is 0.0300. The number of likely N-dealkylation sites (N-methyl/N-ethyl adjacent to an activating group) is 1. The van der Waals surface area contributed by atoms with Crippen LogP contribution in [0.2, 0.25) is 0 Å². The van der Waals surface area contributed by atoms with Crippen LogP contribution in [-0.4, -0.2) is 80.6 Å². The average Bonchev–Trinajstić information content (AvgIpc) is 3.17. The second kappa shape index (κ2) is 39.3. The Morgan fingerprint density at radius 3 is 1.51 bits per heavy atom. The van der Waals surface area contributed by atoms with Gasteiger partial charge in [0, 0.05) is 19.3 Å². The van der Waals surface area contributed by atoms with Crippen LogP contribution in [0.15, 0.2) is 85.1 Å². The molecule has 0 aromatic rings. The normalized spacial score (nSPS) is 13.8. The van der Waals surface area contributed by atoms with E-state index in [4.69, 9.17) is 14.2 Å². The topological polar surface area (TPSA) is 99.1 Å². The standard InChI is InChI=1S/C49H81NO7/c1-6-8-10-12-14-16-18-20-22-24-26-28-30-32-34-36-38-40-48(52)57-45(43-55-42-41-46(49(53)54)50(3,4)5)44-56-47(51)39-37-35-33-31-29-27-25-23-21-19-17-15-13-11-9-7-2/h9,11,14-17,20-23,26,28,32,34,45-46H,6-8,10,12-13,18-19,24-25,27,29-31,33,35-44H2,1-5H3/p+1/b11-9+,16-14+,17-15+,22-20+,23-21+,28-26+,34-32+. The van der Waals surface area contributed by atoms with Crippen molar-refractivity contribution in [2.75, 3.05) is 41.0 Å². The van der Waals surface area contributed by atoms with Gasteiger partial charge in [-0.15, -0.1) is 0 Å². The lowest BCUT2D eigenvalue weighted by molar-refractivity contribution is -0.887. The van der Waals surface area contributed by atoms with Crippen LogP contribution < -0.4 is 0 Å². The lowest BCUT2D eigenvalue weighted by Crippen LogP contribution is -2.50. The van der Waals surface area contributed by atoms with E-state index in [0.29, 0.717) is 19.3 Å². The van der Waals surface area contributed by atoms with Gasteiger partial charge >= 0.3 is 17.9 Å². The summed E-state index contributed by atoms with van der Waals surface area (Å²) in [5.41, 5.74) is 0. The third-order valence-corrected chi connectivity index (χ3v) is 9.28. The van der Waals surface area contributed by atoms with Crippen LogP contribution in [0.5, 0.6) is 0 Å². The molecule has 0 saturated carbocycles. The first-order valence-electron chi connectivity index (χ1n) is 22.1. The zero-order chi connectivity index (χ0) is 42.1. The maximum Gasteiger partial charge on any atom is 0.362 e. The van der Waals surface area contributed by atoms with Crippen molar-refractivity contribution in [2.24, 2.45) is 0 Å². The quantitative estimate of drug-likeness (QED) is 0.0287. The van der Waals surface area contributed by atoms with Crippen molar-refractivity contribution in [1.29, 1.82) is 0 Å². The lowest BCUT2D eigenvalue weighted by Gasteiger charge is -2.31. The van der Waals surface area contributed by atoms with Crippen molar-refractivity contribution in [3.63, 3.8) is 0 Å². The minimum atomic E-state index is -0.889. The summed E-state index contributed by atoms with van der Waals surface area (Å²) < 4.78 is 17.2. The molecule has 0 fully saturated rings. The summed E-state index contributed by atoms with van der Waals surface area (Å²) in [6.45, 7) is 4.50. The average molecular weight is 797 g/mol. The second-order valence-corrected chi connectivity index (χ2v) is 15.6. The van der Waals surface area contributed by atoms with Gasteiger partial charge in [-0.1, -0.05) is 137 Å². The highest BCUT2D eigenvalue weighted by Gasteiger charge is 2.31. The lowest BCUT2D eigenvalue weighted by atomic mass is 10.1. The summed E-state index contributed by atoms with van der Waals surface area (Å²) >= 11 is 0. The Morgan fingerprint density at radius 1 is 0.544 bits per heavy atom. The Balaban J connectivity index is 4.48. The van der Waals surface area contributed by atoms with Gasteiger partial charge < -0.3 is 23.8 Å². The third-order valence-electron chi connectivity index (χ3n) is 9.28. The van der Waals surface area contributed by atoms with Crippen LogP contribution in [-0.2, 0) is 28.6 Å². The SMILES string of the molecule is CC/C=C/C/C=C/C/C=C/CCCCCCCCC(=O)OCC(COCCC(C(=O)O)[N+](C)(C)C)OC(=O)CCC/C=C/C/C=C/C/C=C/C/C=C/CCCCC. The van der Waals surface area contributed by atoms with E-state index in [1.54, 1.807) is 0 Å². The second-order valence-electron chi connectivity index (χ2n) is 15.6. The van der Waals surface area contributed by atoms with Gasteiger partial charge in [0.15, 0.2) is 12.1 Å². The Kier molecular flexibility index (Phi) is 36.9. The molecular formula is C49H82NO7+. The summed E-state index contributed by atoms with van der Waals surface area (Å²) in [6, 6.07) is -0.631. The van der Waals surface area contributed by atoms with Gasteiger partial charge in [-0.2, -0.15) is 0 Å². The first-order chi connectivity index (χ1) is 27.6. The van der Waals surface area contributed by atoms with Gasteiger partial charge in [0.2, 0.25) is 0 Å². The Morgan fingerprint density at radius 2 is 1.00 bits per heavy atom. The minimum Gasteiger partial charge on any atom is -0.477 e. The van der Waals surface area contributed by atoms with E-state index >= 15 is 0 Å². The number of carbonyl (C=O) groups excluding carboxylic acids is 2. The predicted octanol–water partition coefficient (Wildman–Crippen LogP) is 12.1. The Labute approximate surface area is 348 Å². The molecule has 0 aromatic heterocycles. The van der Waals surface area contributed by atoms with Gasteiger partial charge in [0.1, 0.15) is 6.61 Å². The number of carboxylic acids is 1. The molecule has 0 bridgehead atoms. The number of ether oxygens (including phenoxy) is 3. The summed E-state index contributed by atoms with van der Waals surface area (Å²) in [7, 11) is 5.49. The molecule has 2 atom stereocenters. The molecule has 0 aliphatic rings. The molecule has 1 N–H and O–H groups in total. The zero-order valence-corrected chi connectivity index (χ0v) is 36.8. The fourth-order valence-corrected chi connectivity index (χ4v) is 5.86. The Hall–Kier alpha value is -3.49. The van der Waals surface area contributed by atoms with Gasteiger partial charge in [-0.05, 0) is 83.5 Å². The number of allylic oxidation sites excluding steroid dienone is 14. The molecule has 0 heterocycles. The van der Waals surface area contributed by atoms with E-state index in [2.05, 4.69) is 98.9 Å². The molecule has 0 saturated heterocycles. The van der Waals surface area contributed by atoms with Gasteiger partial charge in [-0.3, -0.25) is 9.59 Å². The van der Waals surface area contributed by atoms with Crippen LogP contribution in [0.25, 0.3) is 0 Å². The molecule has 0 radical (unpaired) electrons. The predicted molar refractivity (Wildman–Crippen MR) is 238 cm³/mol. The summed E-state index contributed by atoms with van der Waals surface area (Å²) in [4.78, 5) is 37.0. The fraction of sp³-hybridized carbons (Fsp3) is 0.653. The highest BCUT2D eigenvalue weighted by atomic mass is 16.6. The largest absolute Gasteiger partial charge is 0.477 e. The van der Waals surface area contributed by atoms with Crippen LogP contribution in [0.4, 0.5) is 0 Å².